The quantitative estimate of drug-likeness (QED) is 0.206. The summed E-state index contributed by atoms with van der Waals surface area (Å²) in [6.07, 6.45) is -1.68. The van der Waals surface area contributed by atoms with Crippen LogP contribution in [0.25, 0.3) is 0 Å². The molecule has 0 aromatic heterocycles. The fraction of sp³-hybridized carbons (Fsp3) is 0.421. The van der Waals surface area contributed by atoms with Gasteiger partial charge in [-0.1, -0.05) is 12.1 Å². The topological polar surface area (TPSA) is 214 Å². The normalized spacial score (nSPS) is 16.6. The third-order valence-corrected chi connectivity index (χ3v) is 5.22. The van der Waals surface area contributed by atoms with E-state index in [2.05, 4.69) is 22.4 Å². The Morgan fingerprint density at radius 1 is 0.968 bits per heavy atom. The summed E-state index contributed by atoms with van der Waals surface area (Å²) in [5, 5.41) is 39.7. The number of carboxylic acids is 4. The SMILES string of the molecule is CC(N)(c1cccc(N=C=S)c1C(C)(N)C(CC(=O)O)C(=O)O)C(CC(=O)O)C(=O)O. The highest BCUT2D eigenvalue weighted by molar-refractivity contribution is 7.78. The lowest BCUT2D eigenvalue weighted by atomic mass is 9.69. The minimum atomic E-state index is -1.92. The molecule has 0 spiro atoms. The number of nitrogens with zero attached hydrogens (tertiary/aromatic N) is 1. The first kappa shape index (κ1) is 25.9. The highest BCUT2D eigenvalue weighted by Gasteiger charge is 2.47. The molecule has 1 rings (SSSR count). The van der Waals surface area contributed by atoms with Gasteiger partial charge in [-0.25, -0.2) is 0 Å². The molecule has 0 fully saturated rings. The maximum Gasteiger partial charge on any atom is 0.309 e. The molecule has 0 amide bonds. The van der Waals surface area contributed by atoms with E-state index in [4.69, 9.17) is 21.7 Å². The summed E-state index contributed by atoms with van der Waals surface area (Å²) in [5.74, 6) is -9.15. The number of isothiocyanates is 1. The van der Waals surface area contributed by atoms with Crippen molar-refractivity contribution in [1.29, 1.82) is 0 Å². The fourth-order valence-corrected chi connectivity index (χ4v) is 3.62. The second-order valence-electron chi connectivity index (χ2n) is 7.45. The summed E-state index contributed by atoms with van der Waals surface area (Å²) >= 11 is 4.62. The van der Waals surface area contributed by atoms with Gasteiger partial charge in [-0.15, -0.1) is 0 Å². The fourth-order valence-electron chi connectivity index (χ4n) is 3.52. The molecule has 4 atom stereocenters. The van der Waals surface area contributed by atoms with Crippen molar-refractivity contribution in [3.8, 4) is 0 Å². The number of hydrogen-bond acceptors (Lipinski definition) is 8. The summed E-state index contributed by atoms with van der Waals surface area (Å²) in [5.41, 5.74) is 8.83. The summed E-state index contributed by atoms with van der Waals surface area (Å²) in [4.78, 5) is 50.0. The van der Waals surface area contributed by atoms with Gasteiger partial charge in [0.2, 0.25) is 0 Å². The molecule has 12 heteroatoms. The first-order valence-corrected chi connectivity index (χ1v) is 9.27. The van der Waals surface area contributed by atoms with Crippen LogP contribution in [-0.2, 0) is 30.3 Å². The van der Waals surface area contributed by atoms with Crippen molar-refractivity contribution in [2.75, 3.05) is 0 Å². The number of rotatable bonds is 11. The Kier molecular flexibility index (Phi) is 8.13. The molecule has 0 aliphatic heterocycles. The standard InChI is InChI=1S/C19H23N3O8S/c1-18(20,10(16(27)28)6-13(23)24)9-4-3-5-12(22-8-31)15(9)19(2,21)11(17(29)30)7-14(25)26/h3-5,10-11H,6-7,20-21H2,1-2H3,(H,23,24)(H,25,26)(H,27,28)(H,29,30). The van der Waals surface area contributed by atoms with Gasteiger partial charge >= 0.3 is 23.9 Å². The number of aliphatic imine (C=N–C) groups is 1. The van der Waals surface area contributed by atoms with Crippen LogP contribution in [0, 0.1) is 11.8 Å². The predicted molar refractivity (Wildman–Crippen MR) is 111 cm³/mol. The van der Waals surface area contributed by atoms with Gasteiger partial charge in [0.25, 0.3) is 0 Å². The number of nitrogens with two attached hydrogens (primary N) is 2. The van der Waals surface area contributed by atoms with Crippen LogP contribution in [0.5, 0.6) is 0 Å². The second kappa shape index (κ2) is 9.75. The zero-order chi connectivity index (χ0) is 24.1. The van der Waals surface area contributed by atoms with Crippen LogP contribution in [0.15, 0.2) is 23.2 Å². The van der Waals surface area contributed by atoms with Crippen LogP contribution in [0.2, 0.25) is 0 Å². The molecule has 31 heavy (non-hydrogen) atoms. The van der Waals surface area contributed by atoms with Gasteiger partial charge in [-0.3, -0.25) is 19.2 Å². The van der Waals surface area contributed by atoms with Crippen molar-refractivity contribution >= 4 is 46.9 Å². The van der Waals surface area contributed by atoms with Crippen molar-refractivity contribution in [3.05, 3.63) is 29.3 Å². The summed E-state index contributed by atoms with van der Waals surface area (Å²) in [7, 11) is 0. The van der Waals surface area contributed by atoms with E-state index in [-0.39, 0.29) is 16.8 Å². The van der Waals surface area contributed by atoms with Gasteiger partial charge in [-0.05, 0) is 37.7 Å². The van der Waals surface area contributed by atoms with E-state index in [9.17, 15) is 29.4 Å². The molecule has 0 aliphatic carbocycles. The first-order chi connectivity index (χ1) is 14.2. The molecule has 0 bridgehead atoms. The van der Waals surface area contributed by atoms with Crippen LogP contribution >= 0.6 is 12.2 Å². The molecule has 1 aromatic rings. The van der Waals surface area contributed by atoms with Gasteiger partial charge in [0.15, 0.2) is 0 Å². The molecule has 1 aromatic carbocycles. The number of carboxylic acid groups (broad SMARTS) is 4. The molecular formula is C19H23N3O8S. The lowest BCUT2D eigenvalue weighted by Crippen LogP contribution is -2.51. The van der Waals surface area contributed by atoms with Crippen molar-refractivity contribution < 1.29 is 39.6 Å². The number of benzene rings is 1. The third-order valence-electron chi connectivity index (χ3n) is 5.13. The Balaban J connectivity index is 3.94. The molecule has 0 aliphatic rings. The Hall–Kier alpha value is -3.18. The maximum atomic E-state index is 11.9. The van der Waals surface area contributed by atoms with Crippen molar-refractivity contribution in [1.82, 2.24) is 0 Å². The van der Waals surface area contributed by atoms with Crippen LogP contribution in [0.3, 0.4) is 0 Å². The van der Waals surface area contributed by atoms with Crippen LogP contribution in [-0.4, -0.2) is 49.5 Å². The molecule has 11 nitrogen and oxygen atoms in total. The van der Waals surface area contributed by atoms with E-state index in [0.717, 1.165) is 0 Å². The van der Waals surface area contributed by atoms with Gasteiger partial charge in [0.05, 0.1) is 46.6 Å². The van der Waals surface area contributed by atoms with Crippen molar-refractivity contribution in [2.45, 2.75) is 37.8 Å². The summed E-state index contributed by atoms with van der Waals surface area (Å²) < 4.78 is 0. The number of hydrogen-bond donors (Lipinski definition) is 6. The maximum absolute atomic E-state index is 11.9. The molecule has 0 radical (unpaired) electrons. The van der Waals surface area contributed by atoms with E-state index < -0.39 is 59.6 Å². The van der Waals surface area contributed by atoms with Gasteiger partial charge < -0.3 is 31.9 Å². The van der Waals surface area contributed by atoms with E-state index in [1.807, 2.05) is 0 Å². The van der Waals surface area contributed by atoms with Gasteiger partial charge in [-0.2, -0.15) is 4.99 Å². The van der Waals surface area contributed by atoms with E-state index in [1.54, 1.807) is 0 Å². The second-order valence-corrected chi connectivity index (χ2v) is 7.63. The van der Waals surface area contributed by atoms with Crippen molar-refractivity contribution in [3.63, 3.8) is 0 Å². The molecule has 0 saturated heterocycles. The highest BCUT2D eigenvalue weighted by atomic mass is 32.1. The molecule has 0 saturated carbocycles. The number of aliphatic carboxylic acids is 4. The molecule has 168 valence electrons. The Bertz CT molecular complexity index is 953. The van der Waals surface area contributed by atoms with E-state index in [1.165, 1.54) is 32.0 Å². The average Bonchev–Trinajstić information content (AvgIpc) is 2.63. The van der Waals surface area contributed by atoms with Gasteiger partial charge in [0, 0.05) is 5.56 Å². The molecule has 0 heterocycles. The first-order valence-electron chi connectivity index (χ1n) is 8.86. The predicted octanol–water partition coefficient (Wildman–Crippen LogP) is 1.12. The number of thiocarbonyl (C=S) groups is 1. The largest absolute Gasteiger partial charge is 0.481 e. The summed E-state index contributed by atoms with van der Waals surface area (Å²) in [6.45, 7) is 2.51. The monoisotopic (exact) mass is 453 g/mol. The Labute approximate surface area is 182 Å². The third kappa shape index (κ3) is 5.70. The molecule has 4 unspecified atom stereocenters. The number of carbonyl (C=O) groups is 4. The minimum Gasteiger partial charge on any atom is -0.481 e. The zero-order valence-electron chi connectivity index (χ0n) is 16.7. The van der Waals surface area contributed by atoms with E-state index >= 15 is 0 Å². The van der Waals surface area contributed by atoms with Crippen LogP contribution in [0.4, 0.5) is 5.69 Å². The Morgan fingerprint density at radius 2 is 1.42 bits per heavy atom. The zero-order valence-corrected chi connectivity index (χ0v) is 17.5. The van der Waals surface area contributed by atoms with Crippen molar-refractivity contribution in [2.24, 2.45) is 28.3 Å². The Morgan fingerprint density at radius 3 is 1.81 bits per heavy atom. The van der Waals surface area contributed by atoms with Crippen LogP contribution in [0.1, 0.15) is 37.8 Å². The summed E-state index contributed by atoms with van der Waals surface area (Å²) in [6, 6.07) is 4.18. The smallest absolute Gasteiger partial charge is 0.309 e. The molecule has 8 N–H and O–H groups in total. The van der Waals surface area contributed by atoms with Gasteiger partial charge in [0.1, 0.15) is 0 Å². The lowest BCUT2D eigenvalue weighted by Gasteiger charge is -2.39. The molecular weight excluding hydrogens is 430 g/mol. The van der Waals surface area contributed by atoms with E-state index in [0.29, 0.717) is 0 Å². The average molecular weight is 453 g/mol. The minimum absolute atomic E-state index is 0.00489. The highest BCUT2D eigenvalue weighted by Crippen LogP contribution is 2.43. The van der Waals surface area contributed by atoms with Crippen LogP contribution < -0.4 is 11.5 Å². The lowest BCUT2D eigenvalue weighted by molar-refractivity contribution is -0.151.